The van der Waals surface area contributed by atoms with Gasteiger partial charge < -0.3 is 9.30 Å². The minimum Gasteiger partial charge on any atom is -0.377 e. The van der Waals surface area contributed by atoms with Crippen LogP contribution in [-0.4, -0.2) is 17.3 Å². The first-order chi connectivity index (χ1) is 7.00. The van der Waals surface area contributed by atoms with Crippen molar-refractivity contribution in [2.75, 3.05) is 6.61 Å². The molecule has 0 atom stereocenters. The third-order valence-corrected chi connectivity index (χ3v) is 3.18. The fraction of sp³-hybridized carbons (Fsp3) is 0.545. The second-order valence-electron chi connectivity index (χ2n) is 3.76. The van der Waals surface area contributed by atoms with Crippen LogP contribution in [-0.2, 0) is 11.3 Å². The van der Waals surface area contributed by atoms with Crippen molar-refractivity contribution >= 4 is 22.6 Å². The molecule has 15 heavy (non-hydrogen) atoms. The van der Waals surface area contributed by atoms with Crippen molar-refractivity contribution < 1.29 is 4.74 Å². The van der Waals surface area contributed by atoms with E-state index < -0.39 is 0 Å². The summed E-state index contributed by atoms with van der Waals surface area (Å²) in [6, 6.07) is 1.66. The predicted octanol–water partition coefficient (Wildman–Crippen LogP) is 2.19. The standard InChI is InChI=1S/C11H16INO2/c1-8(2)15-5-4-13-7-10(12)9(3)6-11(13)14/h6-8H,4-5H2,1-3H3. The second-order valence-corrected chi connectivity index (χ2v) is 4.92. The molecule has 4 heteroatoms. The highest BCUT2D eigenvalue weighted by Crippen LogP contribution is 2.07. The third-order valence-electron chi connectivity index (χ3n) is 2.05. The van der Waals surface area contributed by atoms with E-state index >= 15 is 0 Å². The van der Waals surface area contributed by atoms with E-state index in [2.05, 4.69) is 22.6 Å². The lowest BCUT2D eigenvalue weighted by Gasteiger charge is -2.10. The van der Waals surface area contributed by atoms with Crippen LogP contribution < -0.4 is 5.56 Å². The van der Waals surface area contributed by atoms with Gasteiger partial charge >= 0.3 is 0 Å². The molecule has 1 aromatic rings. The molecular formula is C11H16INO2. The molecule has 0 saturated carbocycles. The van der Waals surface area contributed by atoms with E-state index in [-0.39, 0.29) is 11.7 Å². The lowest BCUT2D eigenvalue weighted by molar-refractivity contribution is 0.0722. The number of aryl methyl sites for hydroxylation is 1. The zero-order valence-corrected chi connectivity index (χ0v) is 11.4. The zero-order valence-electron chi connectivity index (χ0n) is 9.29. The minimum atomic E-state index is 0.0419. The van der Waals surface area contributed by atoms with Gasteiger partial charge in [0.1, 0.15) is 0 Å². The molecule has 0 amide bonds. The van der Waals surface area contributed by atoms with Gasteiger partial charge in [-0.25, -0.2) is 0 Å². The van der Waals surface area contributed by atoms with E-state index in [4.69, 9.17) is 4.74 Å². The molecule has 0 aliphatic rings. The van der Waals surface area contributed by atoms with Gasteiger partial charge in [0.2, 0.25) is 0 Å². The quantitative estimate of drug-likeness (QED) is 0.796. The molecule has 84 valence electrons. The predicted molar refractivity (Wildman–Crippen MR) is 69.2 cm³/mol. The Labute approximate surface area is 104 Å². The maximum Gasteiger partial charge on any atom is 0.250 e. The number of pyridine rings is 1. The van der Waals surface area contributed by atoms with Gasteiger partial charge in [-0.15, -0.1) is 0 Å². The smallest absolute Gasteiger partial charge is 0.250 e. The maximum atomic E-state index is 11.6. The highest BCUT2D eigenvalue weighted by molar-refractivity contribution is 14.1. The minimum absolute atomic E-state index is 0.0419. The summed E-state index contributed by atoms with van der Waals surface area (Å²) in [6.07, 6.45) is 2.09. The number of hydrogen-bond acceptors (Lipinski definition) is 2. The van der Waals surface area contributed by atoms with Gasteiger partial charge in [0, 0.05) is 22.4 Å². The van der Waals surface area contributed by atoms with Crippen molar-refractivity contribution in [3.63, 3.8) is 0 Å². The van der Waals surface area contributed by atoms with Crippen LogP contribution in [0.25, 0.3) is 0 Å². The summed E-state index contributed by atoms with van der Waals surface area (Å²) >= 11 is 2.23. The van der Waals surface area contributed by atoms with Crippen molar-refractivity contribution in [3.05, 3.63) is 31.8 Å². The van der Waals surface area contributed by atoms with E-state index in [1.54, 1.807) is 10.6 Å². The van der Waals surface area contributed by atoms with Crippen molar-refractivity contribution in [1.82, 2.24) is 4.57 Å². The zero-order chi connectivity index (χ0) is 11.4. The lowest BCUT2D eigenvalue weighted by Crippen LogP contribution is -2.23. The highest BCUT2D eigenvalue weighted by atomic mass is 127. The highest BCUT2D eigenvalue weighted by Gasteiger charge is 2.01. The average molecular weight is 321 g/mol. The Balaban J connectivity index is 2.69. The first kappa shape index (κ1) is 12.7. The Morgan fingerprint density at radius 1 is 1.53 bits per heavy atom. The monoisotopic (exact) mass is 321 g/mol. The molecule has 0 N–H and O–H groups in total. The van der Waals surface area contributed by atoms with Crippen LogP contribution in [0.5, 0.6) is 0 Å². The summed E-state index contributed by atoms with van der Waals surface area (Å²) in [5.41, 5.74) is 1.07. The number of aromatic nitrogens is 1. The van der Waals surface area contributed by atoms with Crippen molar-refractivity contribution in [2.45, 2.75) is 33.4 Å². The topological polar surface area (TPSA) is 31.2 Å². The lowest BCUT2D eigenvalue weighted by atomic mass is 10.3. The fourth-order valence-electron chi connectivity index (χ4n) is 1.20. The van der Waals surface area contributed by atoms with E-state index in [1.165, 1.54) is 0 Å². The van der Waals surface area contributed by atoms with Crippen LogP contribution in [0.4, 0.5) is 0 Å². The van der Waals surface area contributed by atoms with Gasteiger partial charge in [-0.2, -0.15) is 0 Å². The molecule has 1 heterocycles. The fourth-order valence-corrected chi connectivity index (χ4v) is 1.69. The van der Waals surface area contributed by atoms with E-state index in [1.807, 2.05) is 27.0 Å². The molecular weight excluding hydrogens is 305 g/mol. The number of rotatable bonds is 4. The van der Waals surface area contributed by atoms with Crippen LogP contribution in [0.2, 0.25) is 0 Å². The SMILES string of the molecule is Cc1cc(=O)n(CCOC(C)C)cc1I. The summed E-state index contributed by atoms with van der Waals surface area (Å²) in [6.45, 7) is 7.12. The molecule has 0 spiro atoms. The first-order valence-corrected chi connectivity index (χ1v) is 6.06. The van der Waals surface area contributed by atoms with Crippen LogP contribution in [0.1, 0.15) is 19.4 Å². The van der Waals surface area contributed by atoms with Crippen molar-refractivity contribution in [3.8, 4) is 0 Å². The summed E-state index contributed by atoms with van der Waals surface area (Å²) in [7, 11) is 0. The van der Waals surface area contributed by atoms with E-state index in [9.17, 15) is 4.79 Å². The third kappa shape index (κ3) is 3.95. The molecule has 3 nitrogen and oxygen atoms in total. The second kappa shape index (κ2) is 5.65. The number of halogens is 1. The molecule has 0 bridgehead atoms. The van der Waals surface area contributed by atoms with Gasteiger partial charge in [-0.3, -0.25) is 4.79 Å². The summed E-state index contributed by atoms with van der Waals surface area (Å²) in [5, 5.41) is 0. The molecule has 1 rings (SSSR count). The summed E-state index contributed by atoms with van der Waals surface area (Å²) in [5.74, 6) is 0. The largest absolute Gasteiger partial charge is 0.377 e. The van der Waals surface area contributed by atoms with E-state index in [0.717, 1.165) is 9.13 Å². The van der Waals surface area contributed by atoms with Gasteiger partial charge in [0.05, 0.1) is 12.7 Å². The average Bonchev–Trinajstić information content (AvgIpc) is 2.13. The maximum absolute atomic E-state index is 11.6. The van der Waals surface area contributed by atoms with Gasteiger partial charge in [0.15, 0.2) is 0 Å². The first-order valence-electron chi connectivity index (χ1n) is 4.99. The van der Waals surface area contributed by atoms with Crippen molar-refractivity contribution in [1.29, 1.82) is 0 Å². The molecule has 0 aromatic carbocycles. The molecule has 1 aromatic heterocycles. The van der Waals surface area contributed by atoms with Gasteiger partial charge in [-0.05, 0) is 48.9 Å². The molecule has 0 aliphatic heterocycles. The molecule has 0 fully saturated rings. The van der Waals surface area contributed by atoms with Crippen LogP contribution >= 0.6 is 22.6 Å². The molecule has 0 saturated heterocycles. The summed E-state index contributed by atoms with van der Waals surface area (Å²) in [4.78, 5) is 11.6. The Kier molecular flexibility index (Phi) is 4.79. The Hall–Kier alpha value is -0.360. The van der Waals surface area contributed by atoms with Crippen LogP contribution in [0, 0.1) is 10.5 Å². The van der Waals surface area contributed by atoms with E-state index in [0.29, 0.717) is 13.2 Å². The normalized spacial score (nSPS) is 11.0. The number of ether oxygens (including phenoxy) is 1. The van der Waals surface area contributed by atoms with Gasteiger partial charge in [-0.1, -0.05) is 0 Å². The Morgan fingerprint density at radius 2 is 2.20 bits per heavy atom. The molecule has 0 unspecified atom stereocenters. The molecule has 0 aliphatic carbocycles. The van der Waals surface area contributed by atoms with Crippen LogP contribution in [0.15, 0.2) is 17.1 Å². The summed E-state index contributed by atoms with van der Waals surface area (Å²) < 4.78 is 8.21. The Bertz CT molecular complexity index is 385. The van der Waals surface area contributed by atoms with Crippen molar-refractivity contribution in [2.24, 2.45) is 0 Å². The Morgan fingerprint density at radius 3 is 2.80 bits per heavy atom. The van der Waals surface area contributed by atoms with Gasteiger partial charge in [0.25, 0.3) is 5.56 Å². The van der Waals surface area contributed by atoms with Crippen LogP contribution in [0.3, 0.4) is 0 Å². The molecule has 0 radical (unpaired) electrons. The number of hydrogen-bond donors (Lipinski definition) is 0. The number of nitrogens with zero attached hydrogens (tertiary/aromatic N) is 1.